The maximum Gasteiger partial charge on any atom is 0.340 e. The Hall–Kier alpha value is -1.93. The van der Waals surface area contributed by atoms with E-state index in [1.165, 1.54) is 12.1 Å². The Morgan fingerprint density at radius 1 is 0.917 bits per heavy atom. The molecule has 1 aromatic carbocycles. The standard InChI is InChI=1S/C16H22O7S/c1-15(2,3)22-13(17)10-8-7-9-11(24(19,20)21)12(10)14(18)23-16(4,5)6/h7-9H,1-6H3,(H,19,20,21). The Labute approximate surface area is 141 Å². The van der Waals surface area contributed by atoms with Crippen molar-refractivity contribution in [2.45, 2.75) is 57.6 Å². The molecule has 0 amide bonds. The molecule has 0 aromatic heterocycles. The van der Waals surface area contributed by atoms with Gasteiger partial charge in [0.15, 0.2) is 0 Å². The minimum Gasteiger partial charge on any atom is -0.456 e. The van der Waals surface area contributed by atoms with E-state index in [1.807, 2.05) is 0 Å². The highest BCUT2D eigenvalue weighted by atomic mass is 32.2. The molecule has 7 nitrogen and oxygen atoms in total. The third-order valence-electron chi connectivity index (χ3n) is 2.53. The zero-order chi connectivity index (χ0) is 18.9. The van der Waals surface area contributed by atoms with Crippen LogP contribution < -0.4 is 0 Å². The van der Waals surface area contributed by atoms with Gasteiger partial charge in [-0.05, 0) is 53.7 Å². The first kappa shape index (κ1) is 20.1. The minimum atomic E-state index is -4.74. The normalized spacial score (nSPS) is 12.6. The van der Waals surface area contributed by atoms with Crippen molar-refractivity contribution in [2.75, 3.05) is 0 Å². The third kappa shape index (κ3) is 5.61. The molecule has 0 heterocycles. The van der Waals surface area contributed by atoms with Gasteiger partial charge in [0.1, 0.15) is 16.1 Å². The monoisotopic (exact) mass is 358 g/mol. The molecule has 0 spiro atoms. The maximum absolute atomic E-state index is 12.4. The lowest BCUT2D eigenvalue weighted by Gasteiger charge is -2.23. The summed E-state index contributed by atoms with van der Waals surface area (Å²) in [4.78, 5) is 24.0. The summed E-state index contributed by atoms with van der Waals surface area (Å²) in [5.41, 5.74) is -2.62. The van der Waals surface area contributed by atoms with Crippen molar-refractivity contribution in [3.63, 3.8) is 0 Å². The van der Waals surface area contributed by atoms with Crippen LogP contribution in [0.25, 0.3) is 0 Å². The Balaban J connectivity index is 3.55. The van der Waals surface area contributed by atoms with Crippen LogP contribution in [0.5, 0.6) is 0 Å². The van der Waals surface area contributed by atoms with Gasteiger partial charge in [0, 0.05) is 0 Å². The highest BCUT2D eigenvalue weighted by Gasteiger charge is 2.32. The second kappa shape index (κ2) is 6.52. The second-order valence-corrected chi connectivity index (χ2v) is 8.55. The van der Waals surface area contributed by atoms with Gasteiger partial charge < -0.3 is 9.47 Å². The Morgan fingerprint density at radius 3 is 1.79 bits per heavy atom. The maximum atomic E-state index is 12.4. The fourth-order valence-corrected chi connectivity index (χ4v) is 2.49. The summed E-state index contributed by atoms with van der Waals surface area (Å²) in [6.07, 6.45) is 0. The van der Waals surface area contributed by atoms with Crippen molar-refractivity contribution in [2.24, 2.45) is 0 Å². The molecular formula is C16H22O7S. The Kier molecular flexibility index (Phi) is 5.47. The molecule has 0 saturated carbocycles. The number of esters is 2. The zero-order valence-electron chi connectivity index (χ0n) is 14.5. The molecule has 1 aromatic rings. The molecule has 134 valence electrons. The van der Waals surface area contributed by atoms with Gasteiger partial charge in [0.25, 0.3) is 10.1 Å². The SMILES string of the molecule is CC(C)(C)OC(=O)c1cccc(S(=O)(=O)O)c1C(=O)OC(C)(C)C. The van der Waals surface area contributed by atoms with Gasteiger partial charge in [0.05, 0.1) is 11.1 Å². The molecule has 1 rings (SSSR count). The number of carbonyl (C=O) groups excluding carboxylic acids is 2. The van der Waals surface area contributed by atoms with Crippen LogP contribution >= 0.6 is 0 Å². The number of carbonyl (C=O) groups is 2. The van der Waals surface area contributed by atoms with Crippen LogP contribution in [-0.4, -0.2) is 36.1 Å². The van der Waals surface area contributed by atoms with E-state index in [2.05, 4.69) is 0 Å². The average molecular weight is 358 g/mol. The number of benzene rings is 1. The summed E-state index contributed by atoms with van der Waals surface area (Å²) in [6, 6.07) is 3.49. The largest absolute Gasteiger partial charge is 0.456 e. The van der Waals surface area contributed by atoms with Crippen LogP contribution in [0.4, 0.5) is 0 Å². The van der Waals surface area contributed by atoms with Crippen LogP contribution in [0.15, 0.2) is 23.1 Å². The summed E-state index contributed by atoms with van der Waals surface area (Å²) >= 11 is 0. The highest BCUT2D eigenvalue weighted by Crippen LogP contribution is 2.25. The van der Waals surface area contributed by atoms with Gasteiger partial charge in [-0.2, -0.15) is 8.42 Å². The summed E-state index contributed by atoms with van der Waals surface area (Å²) in [7, 11) is -4.74. The van der Waals surface area contributed by atoms with E-state index in [0.29, 0.717) is 0 Å². The molecule has 0 radical (unpaired) electrons. The van der Waals surface area contributed by atoms with E-state index >= 15 is 0 Å². The van der Waals surface area contributed by atoms with Crippen LogP contribution in [-0.2, 0) is 19.6 Å². The lowest BCUT2D eigenvalue weighted by atomic mass is 10.1. The lowest BCUT2D eigenvalue weighted by Crippen LogP contribution is -2.29. The van der Waals surface area contributed by atoms with Crippen LogP contribution in [0.2, 0.25) is 0 Å². The third-order valence-corrected chi connectivity index (χ3v) is 3.42. The van der Waals surface area contributed by atoms with Crippen molar-refractivity contribution in [1.29, 1.82) is 0 Å². The van der Waals surface area contributed by atoms with Gasteiger partial charge in [-0.25, -0.2) is 9.59 Å². The fourth-order valence-electron chi connectivity index (χ4n) is 1.79. The van der Waals surface area contributed by atoms with E-state index in [1.54, 1.807) is 41.5 Å². The first-order chi connectivity index (χ1) is 10.6. The predicted molar refractivity (Wildman–Crippen MR) is 86.6 cm³/mol. The topological polar surface area (TPSA) is 107 Å². The van der Waals surface area contributed by atoms with E-state index in [-0.39, 0.29) is 5.56 Å². The minimum absolute atomic E-state index is 0.297. The molecule has 24 heavy (non-hydrogen) atoms. The van der Waals surface area contributed by atoms with Crippen molar-refractivity contribution in [1.82, 2.24) is 0 Å². The lowest BCUT2D eigenvalue weighted by molar-refractivity contribution is 0.00151. The number of hydrogen-bond acceptors (Lipinski definition) is 6. The van der Waals surface area contributed by atoms with Gasteiger partial charge in [-0.1, -0.05) is 6.07 Å². The summed E-state index contributed by atoms with van der Waals surface area (Å²) in [6.45, 7) is 9.66. The summed E-state index contributed by atoms with van der Waals surface area (Å²) in [5, 5.41) is 0. The van der Waals surface area contributed by atoms with Crippen molar-refractivity contribution in [3.8, 4) is 0 Å². The quantitative estimate of drug-likeness (QED) is 0.654. The van der Waals surface area contributed by atoms with Gasteiger partial charge in [-0.15, -0.1) is 0 Å². The smallest absolute Gasteiger partial charge is 0.340 e. The van der Waals surface area contributed by atoms with Crippen LogP contribution in [0.1, 0.15) is 62.3 Å². The number of hydrogen-bond donors (Lipinski definition) is 1. The van der Waals surface area contributed by atoms with E-state index in [0.717, 1.165) is 6.07 Å². The van der Waals surface area contributed by atoms with Gasteiger partial charge in [-0.3, -0.25) is 4.55 Å². The molecule has 0 bridgehead atoms. The molecule has 0 aliphatic heterocycles. The first-order valence-corrected chi connectivity index (χ1v) is 8.63. The molecule has 1 N–H and O–H groups in total. The van der Waals surface area contributed by atoms with E-state index < -0.39 is 43.7 Å². The molecular weight excluding hydrogens is 336 g/mol. The first-order valence-electron chi connectivity index (χ1n) is 7.19. The molecule has 0 atom stereocenters. The van der Waals surface area contributed by atoms with E-state index in [4.69, 9.17) is 9.47 Å². The summed E-state index contributed by atoms with van der Waals surface area (Å²) in [5.74, 6) is -1.94. The Bertz CT molecular complexity index is 750. The fraction of sp³-hybridized carbons (Fsp3) is 0.500. The summed E-state index contributed by atoms with van der Waals surface area (Å²) < 4.78 is 42.9. The van der Waals surface area contributed by atoms with Gasteiger partial charge >= 0.3 is 11.9 Å². The second-order valence-electron chi connectivity index (χ2n) is 7.16. The van der Waals surface area contributed by atoms with Crippen molar-refractivity contribution >= 4 is 22.1 Å². The number of rotatable bonds is 3. The van der Waals surface area contributed by atoms with Crippen molar-refractivity contribution in [3.05, 3.63) is 29.3 Å². The molecule has 0 unspecified atom stereocenters. The van der Waals surface area contributed by atoms with Crippen LogP contribution in [0.3, 0.4) is 0 Å². The number of ether oxygens (including phenoxy) is 2. The molecule has 0 aliphatic carbocycles. The predicted octanol–water partition coefficient (Wildman–Crippen LogP) is 2.84. The molecule has 8 heteroatoms. The Morgan fingerprint density at radius 2 is 1.38 bits per heavy atom. The molecule has 0 fully saturated rings. The highest BCUT2D eigenvalue weighted by molar-refractivity contribution is 7.86. The van der Waals surface area contributed by atoms with Crippen molar-refractivity contribution < 1.29 is 32.0 Å². The molecule has 0 saturated heterocycles. The van der Waals surface area contributed by atoms with Gasteiger partial charge in [0.2, 0.25) is 0 Å². The zero-order valence-corrected chi connectivity index (χ0v) is 15.4. The van der Waals surface area contributed by atoms with Crippen LogP contribution in [0, 0.1) is 0 Å². The molecule has 0 aliphatic rings. The van der Waals surface area contributed by atoms with E-state index in [9.17, 15) is 22.6 Å². The average Bonchev–Trinajstić information content (AvgIpc) is 2.32.